The molecule has 1 aromatic carbocycles. The molecule has 3 heteroatoms. The molecule has 0 N–H and O–H groups in total. The van der Waals surface area contributed by atoms with Crippen LogP contribution in [0.15, 0.2) is 36.0 Å². The predicted octanol–water partition coefficient (Wildman–Crippen LogP) is 2.85. The van der Waals surface area contributed by atoms with Gasteiger partial charge in [0.05, 0.1) is 6.42 Å². The van der Waals surface area contributed by atoms with Gasteiger partial charge in [-0.25, -0.2) is 0 Å². The normalized spacial score (nSPS) is 18.5. The number of hydrogen-bond acceptors (Lipinski definition) is 3. The molecule has 0 bridgehead atoms. The third-order valence-electron chi connectivity index (χ3n) is 3.66. The van der Waals surface area contributed by atoms with Crippen molar-refractivity contribution in [2.45, 2.75) is 32.6 Å². The smallest absolute Gasteiger partial charge is 0.164 e. The van der Waals surface area contributed by atoms with Gasteiger partial charge in [-0.3, -0.25) is 9.59 Å². The summed E-state index contributed by atoms with van der Waals surface area (Å²) in [6, 6.07) is 8.13. The molecule has 0 spiro atoms. The van der Waals surface area contributed by atoms with Gasteiger partial charge in [0.2, 0.25) is 0 Å². The Balaban J connectivity index is 2.42. The average Bonchev–Trinajstić information content (AvgIpc) is 2.51. The zero-order valence-electron chi connectivity index (χ0n) is 11.9. The molecule has 3 nitrogen and oxygen atoms in total. The highest BCUT2D eigenvalue weighted by Gasteiger charge is 2.38. The summed E-state index contributed by atoms with van der Waals surface area (Å²) in [5, 5.41) is 0. The summed E-state index contributed by atoms with van der Waals surface area (Å²) in [7, 11) is 1.96. The Morgan fingerprint density at radius 3 is 2.47 bits per heavy atom. The van der Waals surface area contributed by atoms with Gasteiger partial charge in [0, 0.05) is 29.9 Å². The molecule has 0 amide bonds. The van der Waals surface area contributed by atoms with Gasteiger partial charge in [-0.1, -0.05) is 32.0 Å². The Bertz CT molecular complexity index is 570. The number of Topliss-reactive ketones (excluding diaryl/α,β-unsaturated/α-hetero) is 1. The number of nitrogens with zero attached hydrogens (tertiary/aromatic N) is 1. The van der Waals surface area contributed by atoms with Gasteiger partial charge in [-0.05, 0) is 18.6 Å². The van der Waals surface area contributed by atoms with Crippen LogP contribution in [0.5, 0.6) is 0 Å². The van der Waals surface area contributed by atoms with Gasteiger partial charge in [-0.15, -0.1) is 0 Å². The van der Waals surface area contributed by atoms with E-state index in [4.69, 9.17) is 0 Å². The van der Waals surface area contributed by atoms with Crippen molar-refractivity contribution in [3.05, 3.63) is 41.6 Å². The van der Waals surface area contributed by atoms with Gasteiger partial charge in [-0.2, -0.15) is 0 Å². The lowest BCUT2D eigenvalue weighted by Gasteiger charge is -2.23. The van der Waals surface area contributed by atoms with Crippen LogP contribution < -0.4 is 4.90 Å². The van der Waals surface area contributed by atoms with Crippen molar-refractivity contribution < 1.29 is 9.59 Å². The van der Waals surface area contributed by atoms with E-state index < -0.39 is 0 Å². The van der Waals surface area contributed by atoms with Crippen LogP contribution >= 0.6 is 0 Å². The number of fused-ring (bicyclic) bond motifs is 1. The summed E-state index contributed by atoms with van der Waals surface area (Å²) in [5.74, 6) is -0.229. The van der Waals surface area contributed by atoms with Crippen LogP contribution in [0.2, 0.25) is 0 Å². The number of carbonyl (C=O) groups is 2. The van der Waals surface area contributed by atoms with Gasteiger partial charge < -0.3 is 4.90 Å². The molecule has 0 aliphatic carbocycles. The standard InChI is InChI=1S/C16H19NO2/c1-11(18)9-12(19)10-15-16(2,3)13-7-5-6-8-14(13)17(15)4/h5-8,10H,9H2,1-4H3. The summed E-state index contributed by atoms with van der Waals surface area (Å²) in [6.07, 6.45) is 1.59. The fourth-order valence-electron chi connectivity index (χ4n) is 2.71. The van der Waals surface area contributed by atoms with Crippen molar-refractivity contribution >= 4 is 17.3 Å². The average molecular weight is 257 g/mol. The fourth-order valence-corrected chi connectivity index (χ4v) is 2.71. The number of allylic oxidation sites excluding steroid dienone is 2. The van der Waals surface area contributed by atoms with Crippen LogP contribution in [0.1, 0.15) is 32.8 Å². The molecule has 1 aliphatic heterocycles. The number of carbonyl (C=O) groups excluding carboxylic acids is 2. The molecule has 100 valence electrons. The number of anilines is 1. The van der Waals surface area contributed by atoms with Gasteiger partial charge in [0.25, 0.3) is 0 Å². The summed E-state index contributed by atoms with van der Waals surface area (Å²) in [6.45, 7) is 5.64. The molecule has 1 aliphatic rings. The monoisotopic (exact) mass is 257 g/mol. The van der Waals surface area contributed by atoms with Crippen LogP contribution in [0.3, 0.4) is 0 Å². The van der Waals surface area contributed by atoms with Crippen LogP contribution in [0, 0.1) is 0 Å². The Kier molecular flexibility index (Phi) is 3.31. The SMILES string of the molecule is CC(=O)CC(=O)C=C1N(C)c2ccccc2C1(C)C. The number of likely N-dealkylation sites (N-methyl/N-ethyl adjacent to an activating group) is 1. The van der Waals surface area contributed by atoms with Gasteiger partial charge >= 0.3 is 0 Å². The van der Waals surface area contributed by atoms with Crippen LogP contribution in [-0.4, -0.2) is 18.6 Å². The van der Waals surface area contributed by atoms with E-state index >= 15 is 0 Å². The Labute approximate surface area is 113 Å². The maximum absolute atomic E-state index is 11.9. The summed E-state index contributed by atoms with van der Waals surface area (Å²) >= 11 is 0. The summed E-state index contributed by atoms with van der Waals surface area (Å²) in [4.78, 5) is 24.9. The maximum atomic E-state index is 11.9. The minimum atomic E-state index is -0.211. The third-order valence-corrected chi connectivity index (χ3v) is 3.66. The first-order chi connectivity index (χ1) is 8.84. The van der Waals surface area contributed by atoms with Crippen molar-refractivity contribution in [1.29, 1.82) is 0 Å². The minimum Gasteiger partial charge on any atom is -0.347 e. The molecule has 19 heavy (non-hydrogen) atoms. The highest BCUT2D eigenvalue weighted by Crippen LogP contribution is 2.46. The van der Waals surface area contributed by atoms with Gasteiger partial charge in [0.1, 0.15) is 5.78 Å². The first kappa shape index (κ1) is 13.5. The molecule has 1 aromatic rings. The lowest BCUT2D eigenvalue weighted by atomic mass is 9.83. The molecule has 1 heterocycles. The molecular weight excluding hydrogens is 238 g/mol. The van der Waals surface area contributed by atoms with Crippen molar-refractivity contribution in [3.8, 4) is 0 Å². The number of hydrogen-bond donors (Lipinski definition) is 0. The number of para-hydroxylation sites is 1. The Morgan fingerprint density at radius 1 is 1.26 bits per heavy atom. The van der Waals surface area contributed by atoms with E-state index in [1.165, 1.54) is 12.5 Å². The highest BCUT2D eigenvalue weighted by molar-refractivity contribution is 6.04. The Hall–Kier alpha value is -1.90. The van der Waals surface area contributed by atoms with E-state index in [0.717, 1.165) is 11.4 Å². The number of benzene rings is 1. The van der Waals surface area contributed by atoms with E-state index in [0.29, 0.717) is 0 Å². The second-order valence-electron chi connectivity index (χ2n) is 5.58. The fraction of sp³-hybridized carbons (Fsp3) is 0.375. The van der Waals surface area contributed by atoms with Crippen LogP contribution in [0.25, 0.3) is 0 Å². The summed E-state index contributed by atoms with van der Waals surface area (Å²) in [5.41, 5.74) is 3.06. The quantitative estimate of drug-likeness (QED) is 0.617. The van der Waals surface area contributed by atoms with E-state index in [-0.39, 0.29) is 23.4 Å². The van der Waals surface area contributed by atoms with Crippen molar-refractivity contribution in [3.63, 3.8) is 0 Å². The highest BCUT2D eigenvalue weighted by atomic mass is 16.1. The second-order valence-corrected chi connectivity index (χ2v) is 5.58. The van der Waals surface area contributed by atoms with Crippen LogP contribution in [0.4, 0.5) is 5.69 Å². The van der Waals surface area contributed by atoms with Gasteiger partial charge in [0.15, 0.2) is 5.78 Å². The van der Waals surface area contributed by atoms with Crippen molar-refractivity contribution in [2.24, 2.45) is 0 Å². The maximum Gasteiger partial charge on any atom is 0.164 e. The lowest BCUT2D eigenvalue weighted by molar-refractivity contribution is -0.123. The van der Waals surface area contributed by atoms with E-state index in [1.54, 1.807) is 6.08 Å². The number of rotatable bonds is 3. The molecule has 0 fully saturated rings. The van der Waals surface area contributed by atoms with Crippen molar-refractivity contribution in [2.75, 3.05) is 11.9 Å². The minimum absolute atomic E-state index is 0.0240. The number of ketones is 2. The molecule has 0 aromatic heterocycles. The molecule has 0 saturated carbocycles. The molecule has 0 atom stereocenters. The molecule has 2 rings (SSSR count). The van der Waals surface area contributed by atoms with E-state index in [2.05, 4.69) is 19.9 Å². The molecule has 0 unspecified atom stereocenters. The zero-order chi connectivity index (χ0) is 14.2. The topological polar surface area (TPSA) is 37.4 Å². The zero-order valence-corrected chi connectivity index (χ0v) is 11.9. The first-order valence-corrected chi connectivity index (χ1v) is 6.41. The van der Waals surface area contributed by atoms with Crippen LogP contribution in [-0.2, 0) is 15.0 Å². The molecule has 0 saturated heterocycles. The van der Waals surface area contributed by atoms with E-state index in [1.807, 2.05) is 30.1 Å². The molecular formula is C16H19NO2. The summed E-state index contributed by atoms with van der Waals surface area (Å²) < 4.78 is 0. The second kappa shape index (κ2) is 4.65. The largest absolute Gasteiger partial charge is 0.347 e. The third kappa shape index (κ3) is 2.33. The Morgan fingerprint density at radius 2 is 1.89 bits per heavy atom. The lowest BCUT2D eigenvalue weighted by Crippen LogP contribution is -2.24. The predicted molar refractivity (Wildman–Crippen MR) is 76.3 cm³/mol. The van der Waals surface area contributed by atoms with Crippen molar-refractivity contribution in [1.82, 2.24) is 0 Å². The molecule has 0 radical (unpaired) electrons. The van der Waals surface area contributed by atoms with E-state index in [9.17, 15) is 9.59 Å². The first-order valence-electron chi connectivity index (χ1n) is 6.41.